The van der Waals surface area contributed by atoms with Crippen molar-refractivity contribution in [2.45, 2.75) is 31.8 Å². The molecular weight excluding hydrogens is 352 g/mol. The van der Waals surface area contributed by atoms with Crippen molar-refractivity contribution in [3.8, 4) is 10.8 Å². The summed E-state index contributed by atoms with van der Waals surface area (Å²) in [5.41, 5.74) is 0. The molecule has 1 aliphatic rings. The van der Waals surface area contributed by atoms with Crippen LogP contribution in [0.2, 0.25) is 0 Å². The molecule has 0 bridgehead atoms. The van der Waals surface area contributed by atoms with Crippen molar-refractivity contribution in [2.75, 3.05) is 20.1 Å². The van der Waals surface area contributed by atoms with Gasteiger partial charge in [-0.1, -0.05) is 6.42 Å². The summed E-state index contributed by atoms with van der Waals surface area (Å²) in [5, 5.41) is 11.8. The molecule has 0 spiro atoms. The second-order valence-electron chi connectivity index (χ2n) is 5.45. The Morgan fingerprint density at radius 2 is 2.33 bits per heavy atom. The van der Waals surface area contributed by atoms with Crippen molar-refractivity contribution < 1.29 is 4.42 Å². The molecule has 5 nitrogen and oxygen atoms in total. The van der Waals surface area contributed by atoms with Gasteiger partial charge >= 0.3 is 0 Å². The molecule has 0 aromatic carbocycles. The third-order valence-corrected chi connectivity index (χ3v) is 5.21. The standard InChI is InChI=1S/C14H19BrN4OS/c1-19(8-10-4-2-3-7-16-10)9-13-17-18-14(20-13)11-5-6-12(15)21-11/h5-6,10,16H,2-4,7-9H2,1H3. The summed E-state index contributed by atoms with van der Waals surface area (Å²) < 4.78 is 6.82. The summed E-state index contributed by atoms with van der Waals surface area (Å²) in [4.78, 5) is 3.24. The molecule has 0 aliphatic carbocycles. The van der Waals surface area contributed by atoms with Gasteiger partial charge < -0.3 is 9.73 Å². The smallest absolute Gasteiger partial charge is 0.257 e. The molecule has 1 saturated heterocycles. The lowest BCUT2D eigenvalue weighted by molar-refractivity contribution is 0.238. The first-order valence-electron chi connectivity index (χ1n) is 7.21. The Bertz CT molecular complexity index is 579. The average molecular weight is 371 g/mol. The van der Waals surface area contributed by atoms with Gasteiger partial charge in [0.05, 0.1) is 15.2 Å². The van der Waals surface area contributed by atoms with Crippen molar-refractivity contribution in [1.29, 1.82) is 0 Å². The first kappa shape index (κ1) is 15.1. The maximum Gasteiger partial charge on any atom is 0.257 e. The van der Waals surface area contributed by atoms with Crippen molar-refractivity contribution in [2.24, 2.45) is 0 Å². The van der Waals surface area contributed by atoms with Gasteiger partial charge in [0.1, 0.15) is 0 Å². The van der Waals surface area contributed by atoms with Crippen LogP contribution in [0.4, 0.5) is 0 Å². The number of hydrogen-bond donors (Lipinski definition) is 1. The predicted molar refractivity (Wildman–Crippen MR) is 87.3 cm³/mol. The zero-order chi connectivity index (χ0) is 14.7. The van der Waals surface area contributed by atoms with Crippen LogP contribution in [0.1, 0.15) is 25.2 Å². The summed E-state index contributed by atoms with van der Waals surface area (Å²) in [6, 6.07) is 4.56. The van der Waals surface area contributed by atoms with Gasteiger partial charge in [0.25, 0.3) is 5.89 Å². The van der Waals surface area contributed by atoms with Crippen LogP contribution in [0.3, 0.4) is 0 Å². The van der Waals surface area contributed by atoms with Crippen LogP contribution in [0.25, 0.3) is 10.8 Å². The average Bonchev–Trinajstić information content (AvgIpc) is 3.09. The molecule has 3 rings (SSSR count). The summed E-state index contributed by atoms with van der Waals surface area (Å²) in [6.07, 6.45) is 3.87. The van der Waals surface area contributed by atoms with Gasteiger partial charge in [-0.3, -0.25) is 4.90 Å². The minimum absolute atomic E-state index is 0.583. The molecule has 1 aliphatic heterocycles. The monoisotopic (exact) mass is 370 g/mol. The van der Waals surface area contributed by atoms with Crippen molar-refractivity contribution >= 4 is 27.3 Å². The molecule has 7 heteroatoms. The Labute approximate surface area is 136 Å². The van der Waals surface area contributed by atoms with Crippen molar-refractivity contribution in [3.63, 3.8) is 0 Å². The first-order chi connectivity index (χ1) is 10.2. The van der Waals surface area contributed by atoms with Gasteiger partial charge in [-0.2, -0.15) is 0 Å². The van der Waals surface area contributed by atoms with Gasteiger partial charge in [-0.15, -0.1) is 21.5 Å². The van der Waals surface area contributed by atoms with Crippen LogP contribution in [0, 0.1) is 0 Å². The predicted octanol–water partition coefficient (Wildman–Crippen LogP) is 3.13. The SMILES string of the molecule is CN(Cc1nnc(-c2ccc(Br)s2)o1)CC1CCCCN1. The van der Waals surface area contributed by atoms with Crippen LogP contribution in [-0.2, 0) is 6.54 Å². The molecular formula is C14H19BrN4OS. The van der Waals surface area contributed by atoms with E-state index in [0.29, 0.717) is 24.4 Å². The first-order valence-corrected chi connectivity index (χ1v) is 8.81. The van der Waals surface area contributed by atoms with E-state index in [2.05, 4.69) is 43.4 Å². The molecule has 1 fully saturated rings. The number of halogens is 1. The lowest BCUT2D eigenvalue weighted by Gasteiger charge is -2.27. The molecule has 0 amide bonds. The van der Waals surface area contributed by atoms with Gasteiger partial charge in [0.2, 0.25) is 5.89 Å². The third kappa shape index (κ3) is 4.12. The minimum atomic E-state index is 0.583. The number of aromatic nitrogens is 2. The summed E-state index contributed by atoms with van der Waals surface area (Å²) in [6.45, 7) is 2.84. The maximum absolute atomic E-state index is 5.75. The molecule has 2 aromatic rings. The summed E-state index contributed by atoms with van der Waals surface area (Å²) in [5.74, 6) is 1.28. The highest BCUT2D eigenvalue weighted by molar-refractivity contribution is 9.11. The molecule has 1 unspecified atom stereocenters. The van der Waals surface area contributed by atoms with E-state index in [4.69, 9.17) is 4.42 Å². The van der Waals surface area contributed by atoms with Crippen LogP contribution >= 0.6 is 27.3 Å². The molecule has 114 valence electrons. The molecule has 1 N–H and O–H groups in total. The number of rotatable bonds is 5. The number of nitrogens with zero attached hydrogens (tertiary/aromatic N) is 3. The van der Waals surface area contributed by atoms with E-state index in [-0.39, 0.29) is 0 Å². The summed E-state index contributed by atoms with van der Waals surface area (Å²) >= 11 is 5.04. The van der Waals surface area contributed by atoms with Gasteiger partial charge in [0.15, 0.2) is 0 Å². The topological polar surface area (TPSA) is 54.2 Å². The lowest BCUT2D eigenvalue weighted by atomic mass is 10.0. The van der Waals surface area contributed by atoms with Gasteiger partial charge in [-0.05, 0) is 54.5 Å². The van der Waals surface area contributed by atoms with Gasteiger partial charge in [0, 0.05) is 12.6 Å². The van der Waals surface area contributed by atoms with Crippen LogP contribution in [0.5, 0.6) is 0 Å². The Kier molecular flexibility index (Phi) is 5.05. The van der Waals surface area contributed by atoms with Crippen molar-refractivity contribution in [3.05, 3.63) is 21.8 Å². The highest BCUT2D eigenvalue weighted by Crippen LogP contribution is 2.30. The number of hydrogen-bond acceptors (Lipinski definition) is 6. The lowest BCUT2D eigenvalue weighted by Crippen LogP contribution is -2.42. The van der Waals surface area contributed by atoms with E-state index >= 15 is 0 Å². The van der Waals surface area contributed by atoms with Gasteiger partial charge in [-0.25, -0.2) is 0 Å². The second kappa shape index (κ2) is 7.00. The highest BCUT2D eigenvalue weighted by Gasteiger charge is 2.17. The normalized spacial score (nSPS) is 19.3. The number of thiophene rings is 1. The van der Waals surface area contributed by atoms with E-state index in [1.54, 1.807) is 11.3 Å². The van der Waals surface area contributed by atoms with E-state index in [0.717, 1.165) is 21.8 Å². The Balaban J connectivity index is 1.56. The minimum Gasteiger partial charge on any atom is -0.419 e. The Hall–Kier alpha value is -0.760. The molecule has 0 radical (unpaired) electrons. The molecule has 3 heterocycles. The number of nitrogens with one attached hydrogen (secondary N) is 1. The Morgan fingerprint density at radius 1 is 1.43 bits per heavy atom. The number of piperidine rings is 1. The summed E-state index contributed by atoms with van der Waals surface area (Å²) in [7, 11) is 2.10. The van der Waals surface area contributed by atoms with Crippen molar-refractivity contribution in [1.82, 2.24) is 20.4 Å². The van der Waals surface area contributed by atoms with E-state index in [1.807, 2.05) is 12.1 Å². The fourth-order valence-electron chi connectivity index (χ4n) is 2.60. The maximum atomic E-state index is 5.75. The highest BCUT2D eigenvalue weighted by atomic mass is 79.9. The third-order valence-electron chi connectivity index (χ3n) is 3.60. The Morgan fingerprint density at radius 3 is 3.05 bits per heavy atom. The van der Waals surface area contributed by atoms with E-state index < -0.39 is 0 Å². The quantitative estimate of drug-likeness (QED) is 0.875. The zero-order valence-electron chi connectivity index (χ0n) is 12.0. The molecule has 1 atom stereocenters. The molecule has 21 heavy (non-hydrogen) atoms. The zero-order valence-corrected chi connectivity index (χ0v) is 14.4. The van der Waals surface area contributed by atoms with Crippen LogP contribution in [-0.4, -0.2) is 41.3 Å². The number of likely N-dealkylation sites (N-methyl/N-ethyl adjacent to an activating group) is 1. The van der Waals surface area contributed by atoms with Crippen LogP contribution in [0.15, 0.2) is 20.3 Å². The van der Waals surface area contributed by atoms with E-state index in [1.165, 1.54) is 19.3 Å². The second-order valence-corrected chi connectivity index (χ2v) is 7.91. The van der Waals surface area contributed by atoms with E-state index in [9.17, 15) is 0 Å². The van der Waals surface area contributed by atoms with Crippen LogP contribution < -0.4 is 5.32 Å². The fourth-order valence-corrected chi connectivity index (χ4v) is 3.91. The largest absolute Gasteiger partial charge is 0.419 e. The molecule has 0 saturated carbocycles. The fraction of sp³-hybridized carbons (Fsp3) is 0.571. The molecule has 2 aromatic heterocycles.